The summed E-state index contributed by atoms with van der Waals surface area (Å²) in [6.45, 7) is 1.63. The Balaban J connectivity index is 5.40. The van der Waals surface area contributed by atoms with E-state index < -0.39 is 28.6 Å². The van der Waals surface area contributed by atoms with Gasteiger partial charge in [0.05, 0.1) is 0 Å². The number of nitrogens with two attached hydrogens (primary N) is 2. The van der Waals surface area contributed by atoms with Crippen molar-refractivity contribution in [2.24, 2.45) is 11.5 Å². The maximum Gasteiger partial charge on any atom is 0.287 e. The van der Waals surface area contributed by atoms with Crippen LogP contribution in [-0.4, -0.2) is 38.4 Å². The number of nitrogens with one attached hydrogen (secondary N) is 2. The van der Waals surface area contributed by atoms with Gasteiger partial charge in [0.25, 0.3) is 10.5 Å². The first-order chi connectivity index (χ1) is 7.73. The van der Waals surface area contributed by atoms with E-state index in [1.165, 1.54) is 0 Å². The fraction of sp³-hybridized carbons (Fsp3) is 0.429. The lowest BCUT2D eigenvalue weighted by molar-refractivity contribution is 0.179. The molecule has 8 nitrogen and oxygen atoms in total. The summed E-state index contributed by atoms with van der Waals surface area (Å²) in [4.78, 5) is 23.9. The normalized spacial score (nSPS) is 11.5. The molecule has 0 aromatic heterocycles. The molecule has 17 heavy (non-hydrogen) atoms. The molecule has 0 aromatic carbocycles. The third-order valence-electron chi connectivity index (χ3n) is 1.89. The lowest BCUT2D eigenvalue weighted by atomic mass is 10.3. The second-order valence-electron chi connectivity index (χ2n) is 2.96. The van der Waals surface area contributed by atoms with Crippen LogP contribution in [0.4, 0.5) is 9.59 Å². The lowest BCUT2D eigenvalue weighted by Gasteiger charge is -2.35. The number of carbonyl (C=O) groups is 2. The van der Waals surface area contributed by atoms with Crippen LogP contribution < -0.4 is 11.5 Å². The minimum Gasteiger partial charge on any atom is -0.370 e. The van der Waals surface area contributed by atoms with E-state index in [1.54, 1.807) is 6.92 Å². The maximum absolute atomic E-state index is 11.2. The third-order valence-corrected chi connectivity index (χ3v) is 2.32. The highest BCUT2D eigenvalue weighted by molar-refractivity contribution is 7.96. The topological polar surface area (TPSA) is 140 Å². The van der Waals surface area contributed by atoms with Gasteiger partial charge < -0.3 is 11.5 Å². The van der Waals surface area contributed by atoms with Crippen molar-refractivity contribution >= 4 is 47.7 Å². The molecule has 0 aliphatic rings. The van der Waals surface area contributed by atoms with Gasteiger partial charge in [0.1, 0.15) is 6.17 Å². The van der Waals surface area contributed by atoms with E-state index in [0.717, 1.165) is 9.80 Å². The minimum atomic E-state index is -1.00. The van der Waals surface area contributed by atoms with Crippen molar-refractivity contribution < 1.29 is 9.59 Å². The average molecular weight is 278 g/mol. The van der Waals surface area contributed by atoms with Crippen LogP contribution in [0.25, 0.3) is 0 Å². The number of thiol groups is 2. The molecule has 0 saturated carbocycles. The van der Waals surface area contributed by atoms with Gasteiger partial charge in [0.15, 0.2) is 11.9 Å². The Morgan fingerprint density at radius 3 is 1.53 bits per heavy atom. The molecule has 0 aromatic rings. The SMILES string of the molecule is CCC(N(C(=N)N)C(=O)S)N(C(=N)N)C(=O)S. The molecular formula is C7H14N6O2S2. The Morgan fingerprint density at radius 1 is 1.12 bits per heavy atom. The van der Waals surface area contributed by atoms with Crippen LogP contribution in [0, 0.1) is 10.8 Å². The van der Waals surface area contributed by atoms with Gasteiger partial charge in [0, 0.05) is 0 Å². The summed E-state index contributed by atoms with van der Waals surface area (Å²) in [5, 5.41) is 12.8. The summed E-state index contributed by atoms with van der Waals surface area (Å²) < 4.78 is 0. The van der Waals surface area contributed by atoms with E-state index in [4.69, 9.17) is 22.3 Å². The van der Waals surface area contributed by atoms with Crippen molar-refractivity contribution in [3.8, 4) is 0 Å². The van der Waals surface area contributed by atoms with Crippen molar-refractivity contribution in [2.45, 2.75) is 19.5 Å². The number of guanidine groups is 2. The molecule has 6 N–H and O–H groups in total. The predicted molar refractivity (Wildman–Crippen MR) is 70.3 cm³/mol. The highest BCUT2D eigenvalue weighted by Crippen LogP contribution is 2.14. The first kappa shape index (κ1) is 15.6. The summed E-state index contributed by atoms with van der Waals surface area (Å²) in [5.41, 5.74) is 10.4. The van der Waals surface area contributed by atoms with E-state index in [2.05, 4.69) is 25.3 Å². The first-order valence-electron chi connectivity index (χ1n) is 4.46. The zero-order valence-electron chi connectivity index (χ0n) is 9.04. The van der Waals surface area contributed by atoms with Gasteiger partial charge >= 0.3 is 0 Å². The van der Waals surface area contributed by atoms with E-state index in [-0.39, 0.29) is 6.42 Å². The molecule has 0 radical (unpaired) electrons. The van der Waals surface area contributed by atoms with Crippen LogP contribution in [0.3, 0.4) is 0 Å². The van der Waals surface area contributed by atoms with Gasteiger partial charge in [-0.1, -0.05) is 32.2 Å². The maximum atomic E-state index is 11.2. The van der Waals surface area contributed by atoms with Gasteiger partial charge in [-0.3, -0.25) is 30.2 Å². The number of carbonyl (C=O) groups excluding carboxylic acids is 2. The van der Waals surface area contributed by atoms with Crippen molar-refractivity contribution in [3.63, 3.8) is 0 Å². The van der Waals surface area contributed by atoms with Gasteiger partial charge in [-0.05, 0) is 6.42 Å². The fourth-order valence-corrected chi connectivity index (χ4v) is 1.74. The molecule has 0 spiro atoms. The lowest BCUT2D eigenvalue weighted by Crippen LogP contribution is -2.57. The Morgan fingerprint density at radius 2 is 1.41 bits per heavy atom. The van der Waals surface area contributed by atoms with Crippen molar-refractivity contribution in [1.82, 2.24) is 9.80 Å². The molecule has 0 fully saturated rings. The number of hydrogen-bond donors (Lipinski definition) is 6. The van der Waals surface area contributed by atoms with E-state index in [1.807, 2.05) is 0 Å². The number of hydrogen-bond acceptors (Lipinski definition) is 4. The molecule has 0 unspecified atom stereocenters. The summed E-state index contributed by atoms with van der Waals surface area (Å²) >= 11 is 7.10. The molecule has 0 saturated heterocycles. The summed E-state index contributed by atoms with van der Waals surface area (Å²) in [6.07, 6.45) is -0.794. The van der Waals surface area contributed by atoms with Crippen LogP contribution in [0.5, 0.6) is 0 Å². The van der Waals surface area contributed by atoms with Crippen molar-refractivity contribution in [1.29, 1.82) is 10.8 Å². The third kappa shape index (κ3) is 3.82. The fourth-order valence-electron chi connectivity index (χ4n) is 1.26. The van der Waals surface area contributed by atoms with E-state index in [9.17, 15) is 9.59 Å². The smallest absolute Gasteiger partial charge is 0.287 e. The van der Waals surface area contributed by atoms with Crippen molar-refractivity contribution in [3.05, 3.63) is 0 Å². The molecule has 2 amide bonds. The zero-order chi connectivity index (χ0) is 13.7. The second kappa shape index (κ2) is 6.35. The van der Waals surface area contributed by atoms with Gasteiger partial charge in [-0.2, -0.15) is 0 Å². The standard InChI is InChI=1S/C7H14N6O2S2/c1-2-3(12(4(8)9)6(14)16)13(5(10)11)7(15)17/h3H,2H2,1H3,(H3,8,9)(H3,10,11)(H,14,16)(H,15,17). The monoisotopic (exact) mass is 278 g/mol. The average Bonchev–Trinajstić information content (AvgIpc) is 2.13. The molecular weight excluding hydrogens is 264 g/mol. The van der Waals surface area contributed by atoms with Gasteiger partial charge in [-0.15, -0.1) is 0 Å². The molecule has 0 aliphatic heterocycles. The predicted octanol–water partition coefficient (Wildman–Crippen LogP) is 0.213. The van der Waals surface area contributed by atoms with Crippen LogP contribution in [0.1, 0.15) is 13.3 Å². The van der Waals surface area contributed by atoms with Gasteiger partial charge in [0.2, 0.25) is 0 Å². The Kier molecular flexibility index (Phi) is 5.82. The van der Waals surface area contributed by atoms with Crippen LogP contribution in [0.15, 0.2) is 0 Å². The first-order valence-corrected chi connectivity index (χ1v) is 5.35. The summed E-state index contributed by atoms with van der Waals surface area (Å²) in [7, 11) is 0. The Labute approximate surface area is 109 Å². The van der Waals surface area contributed by atoms with Crippen LogP contribution in [-0.2, 0) is 0 Å². The second-order valence-corrected chi connectivity index (χ2v) is 3.73. The number of amides is 2. The van der Waals surface area contributed by atoms with E-state index >= 15 is 0 Å². The Bertz CT molecular complexity index is 300. The molecule has 0 bridgehead atoms. The quantitative estimate of drug-likeness (QED) is 0.190. The highest BCUT2D eigenvalue weighted by Gasteiger charge is 2.32. The molecule has 0 aliphatic carbocycles. The zero-order valence-corrected chi connectivity index (χ0v) is 10.8. The van der Waals surface area contributed by atoms with Crippen LogP contribution >= 0.6 is 25.3 Å². The largest absolute Gasteiger partial charge is 0.370 e. The van der Waals surface area contributed by atoms with Gasteiger partial charge in [-0.25, -0.2) is 0 Å². The molecule has 0 rings (SSSR count). The molecule has 0 atom stereocenters. The summed E-state index contributed by atoms with van der Waals surface area (Å²) in [6, 6.07) is 0. The minimum absolute atomic E-state index is 0.206. The summed E-state index contributed by atoms with van der Waals surface area (Å²) in [5.74, 6) is -1.20. The Hall–Kier alpha value is -1.42. The molecule has 96 valence electrons. The molecule has 10 heteroatoms. The number of rotatable bonds is 3. The molecule has 0 heterocycles. The highest BCUT2D eigenvalue weighted by atomic mass is 32.1. The number of nitrogens with zero attached hydrogens (tertiary/aromatic N) is 2. The van der Waals surface area contributed by atoms with Crippen molar-refractivity contribution in [2.75, 3.05) is 0 Å². The van der Waals surface area contributed by atoms with E-state index in [0.29, 0.717) is 0 Å². The van der Waals surface area contributed by atoms with Crippen LogP contribution in [0.2, 0.25) is 0 Å².